The molecule has 0 saturated carbocycles. The first-order chi connectivity index (χ1) is 11.7. The Morgan fingerprint density at radius 3 is 2.32 bits per heavy atom. The number of benzene rings is 2. The first kappa shape index (κ1) is 19.2. The lowest BCUT2D eigenvalue weighted by atomic mass is 9.89. The van der Waals surface area contributed by atoms with Crippen LogP contribution in [0.15, 0.2) is 30.3 Å². The number of aromatic hydroxyl groups is 1. The Labute approximate surface area is 154 Å². The quantitative estimate of drug-likeness (QED) is 0.851. The van der Waals surface area contributed by atoms with Crippen molar-refractivity contribution >= 4 is 12.4 Å². The fourth-order valence-corrected chi connectivity index (χ4v) is 3.25. The van der Waals surface area contributed by atoms with Gasteiger partial charge in [-0.15, -0.1) is 12.4 Å². The summed E-state index contributed by atoms with van der Waals surface area (Å²) in [5.41, 5.74) is 3.54. The van der Waals surface area contributed by atoms with E-state index in [2.05, 4.69) is 11.4 Å². The van der Waals surface area contributed by atoms with Crippen LogP contribution in [0.2, 0.25) is 0 Å². The molecule has 1 unspecified atom stereocenters. The molecule has 0 bridgehead atoms. The van der Waals surface area contributed by atoms with Crippen molar-refractivity contribution in [3.05, 3.63) is 47.0 Å². The summed E-state index contributed by atoms with van der Waals surface area (Å²) in [7, 11) is 4.85. The first-order valence-corrected chi connectivity index (χ1v) is 8.00. The zero-order valence-electron chi connectivity index (χ0n) is 14.7. The van der Waals surface area contributed by atoms with Gasteiger partial charge in [-0.2, -0.15) is 0 Å². The summed E-state index contributed by atoms with van der Waals surface area (Å²) in [5.74, 6) is 2.15. The van der Waals surface area contributed by atoms with Crippen LogP contribution in [0, 0.1) is 0 Å². The van der Waals surface area contributed by atoms with Crippen molar-refractivity contribution in [2.24, 2.45) is 0 Å². The molecule has 136 valence electrons. The summed E-state index contributed by atoms with van der Waals surface area (Å²) < 4.78 is 16.0. The maximum Gasteiger partial charge on any atom is 0.161 e. The van der Waals surface area contributed by atoms with Gasteiger partial charge in [0, 0.05) is 6.04 Å². The molecule has 0 spiro atoms. The van der Waals surface area contributed by atoms with Crippen LogP contribution in [0.4, 0.5) is 0 Å². The molecule has 1 atom stereocenters. The smallest absolute Gasteiger partial charge is 0.161 e. The normalized spacial score (nSPS) is 15.7. The maximum atomic E-state index is 9.98. The molecule has 0 amide bonds. The van der Waals surface area contributed by atoms with Crippen molar-refractivity contribution in [3.8, 4) is 23.0 Å². The third-order valence-corrected chi connectivity index (χ3v) is 4.49. The fourth-order valence-electron chi connectivity index (χ4n) is 3.25. The van der Waals surface area contributed by atoms with Crippen molar-refractivity contribution in [2.75, 3.05) is 27.9 Å². The van der Waals surface area contributed by atoms with Crippen LogP contribution in [-0.4, -0.2) is 33.0 Å². The summed E-state index contributed by atoms with van der Waals surface area (Å²) in [4.78, 5) is 0. The molecule has 2 aromatic carbocycles. The third kappa shape index (κ3) is 3.94. The van der Waals surface area contributed by atoms with E-state index in [1.807, 2.05) is 12.1 Å². The Morgan fingerprint density at radius 1 is 1.00 bits per heavy atom. The van der Waals surface area contributed by atoms with Crippen molar-refractivity contribution in [1.82, 2.24) is 5.32 Å². The predicted octanol–water partition coefficient (Wildman–Crippen LogP) is 3.27. The molecule has 0 aromatic heterocycles. The highest BCUT2D eigenvalue weighted by molar-refractivity contribution is 5.85. The van der Waals surface area contributed by atoms with Crippen LogP contribution in [0.5, 0.6) is 23.0 Å². The lowest BCUT2D eigenvalue weighted by Crippen LogP contribution is -2.31. The topological polar surface area (TPSA) is 60.0 Å². The van der Waals surface area contributed by atoms with Crippen molar-refractivity contribution in [2.45, 2.75) is 18.9 Å². The van der Waals surface area contributed by atoms with Gasteiger partial charge in [0.2, 0.25) is 0 Å². The highest BCUT2D eigenvalue weighted by atomic mass is 35.5. The van der Waals surface area contributed by atoms with E-state index in [-0.39, 0.29) is 24.2 Å². The minimum atomic E-state index is 0. The minimum absolute atomic E-state index is 0. The van der Waals surface area contributed by atoms with Crippen LogP contribution >= 0.6 is 12.4 Å². The lowest BCUT2D eigenvalue weighted by molar-refractivity contribution is 0.352. The number of methoxy groups -OCH3 is 3. The van der Waals surface area contributed by atoms with E-state index in [4.69, 9.17) is 14.2 Å². The van der Waals surface area contributed by atoms with E-state index in [0.29, 0.717) is 5.75 Å². The first-order valence-electron chi connectivity index (χ1n) is 8.00. The largest absolute Gasteiger partial charge is 0.504 e. The van der Waals surface area contributed by atoms with Gasteiger partial charge in [-0.3, -0.25) is 0 Å². The van der Waals surface area contributed by atoms with Crippen molar-refractivity contribution in [1.29, 1.82) is 0 Å². The summed E-state index contributed by atoms with van der Waals surface area (Å²) in [6, 6.07) is 9.82. The SMILES string of the molecule is COc1ccc(CC2NCCc3cc(OC)c(OC)cc32)cc1O.Cl. The number of hydrogen-bond acceptors (Lipinski definition) is 5. The second-order valence-electron chi connectivity index (χ2n) is 5.87. The summed E-state index contributed by atoms with van der Waals surface area (Å²) in [6.07, 6.45) is 1.74. The maximum absolute atomic E-state index is 9.98. The van der Waals surface area contributed by atoms with Gasteiger partial charge < -0.3 is 24.6 Å². The molecule has 1 heterocycles. The van der Waals surface area contributed by atoms with E-state index in [1.165, 1.54) is 11.1 Å². The number of hydrogen-bond donors (Lipinski definition) is 2. The molecule has 1 aliphatic rings. The Bertz CT molecular complexity index is 736. The van der Waals surface area contributed by atoms with E-state index in [1.54, 1.807) is 33.5 Å². The number of ether oxygens (including phenoxy) is 3. The molecular formula is C19H24ClNO4. The highest BCUT2D eigenvalue weighted by Crippen LogP contribution is 2.37. The number of nitrogens with one attached hydrogen (secondary N) is 1. The number of rotatable bonds is 5. The molecule has 1 aliphatic heterocycles. The van der Waals surface area contributed by atoms with Crippen LogP contribution in [0.25, 0.3) is 0 Å². The molecule has 2 aromatic rings. The predicted molar refractivity (Wildman–Crippen MR) is 99.6 cm³/mol. The molecule has 0 fully saturated rings. The molecule has 0 saturated heterocycles. The fraction of sp³-hybridized carbons (Fsp3) is 0.368. The van der Waals surface area contributed by atoms with Gasteiger partial charge in [-0.05, 0) is 60.3 Å². The van der Waals surface area contributed by atoms with E-state index in [9.17, 15) is 5.11 Å². The van der Waals surface area contributed by atoms with Gasteiger partial charge in [0.25, 0.3) is 0 Å². The molecular weight excluding hydrogens is 342 g/mol. The summed E-state index contributed by atoms with van der Waals surface area (Å²) >= 11 is 0. The Balaban J connectivity index is 0.00000225. The third-order valence-electron chi connectivity index (χ3n) is 4.49. The van der Waals surface area contributed by atoms with Gasteiger partial charge in [0.1, 0.15) is 0 Å². The Morgan fingerprint density at radius 2 is 1.68 bits per heavy atom. The Kier molecular flexibility index (Phi) is 6.39. The van der Waals surface area contributed by atoms with E-state index < -0.39 is 0 Å². The minimum Gasteiger partial charge on any atom is -0.504 e. The number of phenolic OH excluding ortho intramolecular Hbond substituents is 1. The summed E-state index contributed by atoms with van der Waals surface area (Å²) in [6.45, 7) is 0.912. The molecule has 2 N–H and O–H groups in total. The van der Waals surface area contributed by atoms with Crippen molar-refractivity contribution in [3.63, 3.8) is 0 Å². The molecule has 25 heavy (non-hydrogen) atoms. The zero-order valence-corrected chi connectivity index (χ0v) is 15.5. The molecule has 0 aliphatic carbocycles. The second-order valence-corrected chi connectivity index (χ2v) is 5.87. The lowest BCUT2D eigenvalue weighted by Gasteiger charge is -2.28. The van der Waals surface area contributed by atoms with Crippen LogP contribution in [0.3, 0.4) is 0 Å². The van der Waals surface area contributed by atoms with Crippen LogP contribution < -0.4 is 19.5 Å². The second kappa shape index (κ2) is 8.32. The van der Waals surface area contributed by atoms with E-state index >= 15 is 0 Å². The molecule has 0 radical (unpaired) electrons. The summed E-state index contributed by atoms with van der Waals surface area (Å²) in [5, 5.41) is 13.5. The Hall–Kier alpha value is -2.11. The van der Waals surface area contributed by atoms with Gasteiger partial charge in [0.15, 0.2) is 23.0 Å². The van der Waals surface area contributed by atoms with Gasteiger partial charge in [-0.25, -0.2) is 0 Å². The van der Waals surface area contributed by atoms with Gasteiger partial charge in [-0.1, -0.05) is 6.07 Å². The number of halogens is 1. The number of fused-ring (bicyclic) bond motifs is 1. The molecule has 5 nitrogen and oxygen atoms in total. The van der Waals surface area contributed by atoms with Crippen molar-refractivity contribution < 1.29 is 19.3 Å². The van der Waals surface area contributed by atoms with Gasteiger partial charge in [0.05, 0.1) is 21.3 Å². The highest BCUT2D eigenvalue weighted by Gasteiger charge is 2.23. The van der Waals surface area contributed by atoms with Crippen LogP contribution in [0.1, 0.15) is 22.7 Å². The number of phenols is 1. The average Bonchev–Trinajstić information content (AvgIpc) is 2.61. The zero-order chi connectivity index (χ0) is 17.1. The molecule has 3 rings (SSSR count). The monoisotopic (exact) mass is 365 g/mol. The van der Waals surface area contributed by atoms with Crippen LogP contribution in [-0.2, 0) is 12.8 Å². The van der Waals surface area contributed by atoms with Gasteiger partial charge >= 0.3 is 0 Å². The average molecular weight is 366 g/mol. The van der Waals surface area contributed by atoms with E-state index in [0.717, 1.165) is 36.4 Å². The molecule has 6 heteroatoms. The standard InChI is InChI=1S/C19H23NO4.ClH/c1-22-17-5-4-12(9-16(17)21)8-15-14-11-19(24-3)18(23-2)10-13(14)6-7-20-15;/h4-5,9-11,15,20-21H,6-8H2,1-3H3;1H.